The number of nitrogens with one attached hydrogen (secondary N) is 1. The van der Waals surface area contributed by atoms with Crippen molar-refractivity contribution in [1.82, 2.24) is 15.1 Å². The third kappa shape index (κ3) is 3.10. The summed E-state index contributed by atoms with van der Waals surface area (Å²) in [5, 5.41) is 6.55. The molecule has 1 saturated heterocycles. The number of hydrogen-bond acceptors (Lipinski definition) is 5. The Bertz CT molecular complexity index is 707. The van der Waals surface area contributed by atoms with Crippen molar-refractivity contribution in [2.45, 2.75) is 19.4 Å². The van der Waals surface area contributed by atoms with Crippen molar-refractivity contribution in [1.29, 1.82) is 0 Å². The fourth-order valence-electron chi connectivity index (χ4n) is 2.47. The van der Waals surface area contributed by atoms with E-state index in [9.17, 15) is 4.79 Å². The van der Waals surface area contributed by atoms with Crippen LogP contribution in [0, 0.1) is 4.84 Å². The molecule has 1 aromatic heterocycles. The number of aromatic amines is 1. The molecule has 0 bridgehead atoms. The first-order valence-electron chi connectivity index (χ1n) is 7.20. The van der Waals surface area contributed by atoms with Crippen LogP contribution in [-0.4, -0.2) is 46.8 Å². The number of aromatic nitrogens is 2. The lowest BCUT2D eigenvalue weighted by atomic mass is 10.1. The predicted octanol–water partition coefficient (Wildman–Crippen LogP) is 2.65. The van der Waals surface area contributed by atoms with Gasteiger partial charge in [-0.2, -0.15) is 0 Å². The normalized spacial score (nSPS) is 19.0. The molecular formula is C15H17N3O3S. The van der Waals surface area contributed by atoms with Crippen molar-refractivity contribution in [2.75, 3.05) is 19.8 Å². The van der Waals surface area contributed by atoms with Gasteiger partial charge >= 0.3 is 0 Å². The van der Waals surface area contributed by atoms with E-state index < -0.39 is 0 Å². The van der Waals surface area contributed by atoms with Crippen molar-refractivity contribution in [3.63, 3.8) is 0 Å². The van der Waals surface area contributed by atoms with Gasteiger partial charge in [0.1, 0.15) is 0 Å². The van der Waals surface area contributed by atoms with Crippen LogP contribution in [0.5, 0.6) is 0 Å². The summed E-state index contributed by atoms with van der Waals surface area (Å²) < 4.78 is 10.7. The Labute approximate surface area is 133 Å². The van der Waals surface area contributed by atoms with E-state index >= 15 is 0 Å². The lowest BCUT2D eigenvalue weighted by molar-refractivity contribution is 0.0687. The average molecular weight is 319 g/mol. The Hall–Kier alpha value is -1.99. The van der Waals surface area contributed by atoms with Gasteiger partial charge in [-0.3, -0.25) is 4.79 Å². The molecule has 1 aliphatic rings. The van der Waals surface area contributed by atoms with E-state index in [0.29, 0.717) is 31.2 Å². The number of H-pyrrole nitrogens is 1. The molecule has 0 aliphatic carbocycles. The molecule has 1 unspecified atom stereocenters. The molecule has 1 atom stereocenters. The number of hydrogen-bond donors (Lipinski definition) is 1. The Kier molecular flexibility index (Phi) is 4.35. The zero-order chi connectivity index (χ0) is 15.5. The summed E-state index contributed by atoms with van der Waals surface area (Å²) in [6, 6.07) is 7.35. The van der Waals surface area contributed by atoms with E-state index in [2.05, 4.69) is 17.1 Å². The van der Waals surface area contributed by atoms with Crippen molar-refractivity contribution in [3.8, 4) is 11.5 Å². The number of benzene rings is 1. The summed E-state index contributed by atoms with van der Waals surface area (Å²) >= 11 is 4.85. The van der Waals surface area contributed by atoms with Gasteiger partial charge in [0.15, 0.2) is 0 Å². The molecule has 116 valence electrons. The molecule has 1 amide bonds. The number of carbonyl (C=O) groups excluding carboxylic acids is 1. The van der Waals surface area contributed by atoms with Crippen molar-refractivity contribution >= 4 is 18.1 Å². The highest BCUT2D eigenvalue weighted by Crippen LogP contribution is 2.19. The minimum atomic E-state index is 0.0208. The molecule has 2 aromatic rings. The Morgan fingerprint density at radius 1 is 1.36 bits per heavy atom. The van der Waals surface area contributed by atoms with Gasteiger partial charge in [0.25, 0.3) is 10.7 Å². The zero-order valence-corrected chi connectivity index (χ0v) is 13.1. The highest BCUT2D eigenvalue weighted by Gasteiger charge is 2.23. The molecule has 6 nitrogen and oxygen atoms in total. The SMILES string of the molecule is CC1CCOCCN1C(=O)c1ccc(-c2n[nH]c(=S)o2)cc1. The smallest absolute Gasteiger partial charge is 0.284 e. The lowest BCUT2D eigenvalue weighted by Crippen LogP contribution is -2.39. The molecule has 2 heterocycles. The number of ether oxygens (including phenoxy) is 1. The van der Waals surface area contributed by atoms with Gasteiger partial charge in [-0.1, -0.05) is 0 Å². The largest absolute Gasteiger partial charge is 0.409 e. The van der Waals surface area contributed by atoms with Crippen LogP contribution < -0.4 is 0 Å². The Morgan fingerprint density at radius 3 is 2.82 bits per heavy atom. The van der Waals surface area contributed by atoms with E-state index in [1.54, 1.807) is 24.3 Å². The van der Waals surface area contributed by atoms with E-state index in [-0.39, 0.29) is 16.8 Å². The zero-order valence-electron chi connectivity index (χ0n) is 12.2. The summed E-state index contributed by atoms with van der Waals surface area (Å²) in [5.41, 5.74) is 1.42. The van der Waals surface area contributed by atoms with E-state index in [1.807, 2.05) is 4.90 Å². The summed E-state index contributed by atoms with van der Waals surface area (Å²) in [5.74, 6) is 0.438. The van der Waals surface area contributed by atoms with Gasteiger partial charge in [0.2, 0.25) is 5.89 Å². The number of nitrogens with zero attached hydrogens (tertiary/aromatic N) is 2. The van der Waals surface area contributed by atoms with Gasteiger partial charge in [-0.25, -0.2) is 5.10 Å². The quantitative estimate of drug-likeness (QED) is 0.862. The van der Waals surface area contributed by atoms with Gasteiger partial charge in [0.05, 0.1) is 6.61 Å². The van der Waals surface area contributed by atoms with Crippen LogP contribution >= 0.6 is 12.2 Å². The lowest BCUT2D eigenvalue weighted by Gasteiger charge is -2.26. The molecule has 7 heteroatoms. The maximum atomic E-state index is 12.6. The van der Waals surface area contributed by atoms with Crippen LogP contribution in [0.4, 0.5) is 0 Å². The maximum absolute atomic E-state index is 12.6. The van der Waals surface area contributed by atoms with Crippen LogP contribution in [-0.2, 0) is 4.74 Å². The van der Waals surface area contributed by atoms with Crippen molar-refractivity contribution in [3.05, 3.63) is 34.7 Å². The fraction of sp³-hybridized carbons (Fsp3) is 0.400. The van der Waals surface area contributed by atoms with E-state index in [4.69, 9.17) is 21.4 Å². The minimum Gasteiger partial charge on any atom is -0.409 e. The Morgan fingerprint density at radius 2 is 2.14 bits per heavy atom. The second-order valence-corrected chi connectivity index (χ2v) is 5.62. The average Bonchev–Trinajstić information content (AvgIpc) is 2.85. The van der Waals surface area contributed by atoms with Crippen LogP contribution in [0.25, 0.3) is 11.5 Å². The molecule has 1 fully saturated rings. The molecule has 1 N–H and O–H groups in total. The molecule has 22 heavy (non-hydrogen) atoms. The molecule has 3 rings (SSSR count). The summed E-state index contributed by atoms with van der Waals surface area (Å²) in [6.45, 7) is 3.96. The molecular weight excluding hydrogens is 302 g/mol. The number of rotatable bonds is 2. The molecule has 1 aliphatic heterocycles. The molecule has 1 aromatic carbocycles. The monoisotopic (exact) mass is 319 g/mol. The highest BCUT2D eigenvalue weighted by atomic mass is 32.1. The van der Waals surface area contributed by atoms with Gasteiger partial charge in [-0.15, -0.1) is 5.10 Å². The standard InChI is InChI=1S/C15H17N3O3S/c1-10-6-8-20-9-7-18(10)14(19)12-4-2-11(3-5-12)13-16-17-15(22)21-13/h2-5,10H,6-9H2,1H3,(H,17,22). The number of carbonyl (C=O) groups is 1. The molecule has 0 radical (unpaired) electrons. The first-order valence-corrected chi connectivity index (χ1v) is 7.60. The maximum Gasteiger partial charge on any atom is 0.284 e. The highest BCUT2D eigenvalue weighted by molar-refractivity contribution is 7.71. The van der Waals surface area contributed by atoms with Crippen molar-refractivity contribution in [2.24, 2.45) is 0 Å². The third-order valence-corrected chi connectivity index (χ3v) is 3.94. The van der Waals surface area contributed by atoms with Crippen LogP contribution in [0.1, 0.15) is 23.7 Å². The van der Waals surface area contributed by atoms with Gasteiger partial charge in [0, 0.05) is 30.3 Å². The Balaban J connectivity index is 1.79. The molecule has 0 saturated carbocycles. The number of amides is 1. The van der Waals surface area contributed by atoms with E-state index in [0.717, 1.165) is 12.0 Å². The fourth-order valence-corrected chi connectivity index (χ4v) is 2.60. The third-order valence-electron chi connectivity index (χ3n) is 3.77. The first-order chi connectivity index (χ1) is 10.6. The predicted molar refractivity (Wildman–Crippen MR) is 83.1 cm³/mol. The van der Waals surface area contributed by atoms with Crippen LogP contribution in [0.2, 0.25) is 0 Å². The summed E-state index contributed by atoms with van der Waals surface area (Å²) in [6.07, 6.45) is 0.859. The van der Waals surface area contributed by atoms with E-state index in [1.165, 1.54) is 0 Å². The summed E-state index contributed by atoms with van der Waals surface area (Å²) in [4.78, 5) is 14.7. The van der Waals surface area contributed by atoms with Crippen LogP contribution in [0.3, 0.4) is 0 Å². The summed E-state index contributed by atoms with van der Waals surface area (Å²) in [7, 11) is 0. The van der Waals surface area contributed by atoms with Gasteiger partial charge < -0.3 is 14.1 Å². The van der Waals surface area contributed by atoms with Crippen molar-refractivity contribution < 1.29 is 13.9 Å². The molecule has 0 spiro atoms. The van der Waals surface area contributed by atoms with Crippen LogP contribution in [0.15, 0.2) is 28.7 Å². The minimum absolute atomic E-state index is 0.0208. The topological polar surface area (TPSA) is 71.4 Å². The van der Waals surface area contributed by atoms with Gasteiger partial charge in [-0.05, 0) is 49.8 Å². The first kappa shape index (κ1) is 14.9. The second-order valence-electron chi connectivity index (χ2n) is 5.24. The second kappa shape index (κ2) is 6.41.